The highest BCUT2D eigenvalue weighted by atomic mass is 35.5. The average molecular weight is 1120 g/mol. The van der Waals surface area contributed by atoms with Crippen molar-refractivity contribution in [3.05, 3.63) is 101 Å². The lowest BCUT2D eigenvalue weighted by Gasteiger charge is -2.36. The van der Waals surface area contributed by atoms with Crippen molar-refractivity contribution in [3.63, 3.8) is 0 Å². The average Bonchev–Trinajstić information content (AvgIpc) is 3.97. The van der Waals surface area contributed by atoms with Crippen molar-refractivity contribution in [1.29, 1.82) is 0 Å². The number of likely N-dealkylation sites (tertiary alicyclic amines) is 2. The third-order valence-electron chi connectivity index (χ3n) is 13.7. The molecule has 22 heteroatoms. The van der Waals surface area contributed by atoms with Gasteiger partial charge in [0.05, 0.1) is 12.1 Å². The summed E-state index contributed by atoms with van der Waals surface area (Å²) in [7, 11) is 3.23. The normalized spacial score (nSPS) is 18.8. The maximum atomic E-state index is 14.5. The minimum absolute atomic E-state index is 0. The Balaban J connectivity index is 0.00000659. The molecule has 0 aliphatic carbocycles. The first kappa shape index (κ1) is 66.4. The number of nitrogens with one attached hydrogen (secondary N) is 6. The largest absolute Gasteiger partial charge is 0.399 e. The topological polar surface area (TPSA) is 241 Å². The molecule has 2 heterocycles. The second-order valence-corrected chi connectivity index (χ2v) is 21.6. The molecule has 420 valence electrons. The van der Waals surface area contributed by atoms with Crippen molar-refractivity contribution in [2.45, 2.75) is 130 Å². The van der Waals surface area contributed by atoms with Gasteiger partial charge in [0.1, 0.15) is 35.8 Å². The predicted molar refractivity (Wildman–Crippen MR) is 294 cm³/mol. The van der Waals surface area contributed by atoms with E-state index in [9.17, 15) is 47.1 Å². The quantitative estimate of drug-likeness (QED) is 0.0566. The molecule has 2 aliphatic rings. The number of Topliss-reactive ketones (excluding diaryl/α,β-unsaturated/α-hetero) is 2. The summed E-state index contributed by atoms with van der Waals surface area (Å²) in [6.45, 7) is 14.2. The van der Waals surface area contributed by atoms with E-state index in [1.54, 1.807) is 69.5 Å². The van der Waals surface area contributed by atoms with E-state index >= 15 is 0 Å². The van der Waals surface area contributed by atoms with Crippen LogP contribution < -0.4 is 37.6 Å². The van der Waals surface area contributed by atoms with Crippen LogP contribution in [0.2, 0.25) is 0 Å². The van der Waals surface area contributed by atoms with Gasteiger partial charge in [-0.2, -0.15) is 0 Å². The van der Waals surface area contributed by atoms with E-state index in [1.165, 1.54) is 76.5 Å². The van der Waals surface area contributed by atoms with Gasteiger partial charge in [0.25, 0.3) is 0 Å². The van der Waals surface area contributed by atoms with Crippen molar-refractivity contribution in [2.24, 2.45) is 22.7 Å². The second kappa shape index (κ2) is 28.6. The molecule has 6 amide bonds. The zero-order valence-corrected chi connectivity index (χ0v) is 47.3. The Labute approximate surface area is 463 Å². The van der Waals surface area contributed by atoms with Crippen molar-refractivity contribution in [2.75, 3.05) is 32.9 Å². The fourth-order valence-corrected chi connectivity index (χ4v) is 9.10. The smallest absolute Gasteiger partial charge is 0.246 e. The predicted octanol–water partition coefficient (Wildman–Crippen LogP) is 5.30. The Morgan fingerprint density at radius 1 is 0.579 bits per heavy atom. The van der Waals surface area contributed by atoms with E-state index in [4.69, 9.17) is 5.73 Å². The van der Waals surface area contributed by atoms with Gasteiger partial charge >= 0.3 is 0 Å². The monoisotopic (exact) mass is 1120 g/mol. The van der Waals surface area contributed by atoms with Crippen LogP contribution in [-0.2, 0) is 41.9 Å². The molecular formula is C54H76Cl3F2N9O8. The molecule has 0 aromatic heterocycles. The number of nitrogen functional groups attached to an aromatic ring is 1. The molecular weight excluding hydrogens is 1050 g/mol. The van der Waals surface area contributed by atoms with Gasteiger partial charge in [0, 0.05) is 55.8 Å². The van der Waals surface area contributed by atoms with Crippen LogP contribution in [-0.4, -0.2) is 120 Å². The Hall–Kier alpha value is -5.73. The molecule has 17 nitrogen and oxygen atoms in total. The van der Waals surface area contributed by atoms with E-state index in [-0.39, 0.29) is 106 Å². The van der Waals surface area contributed by atoms with E-state index in [2.05, 4.69) is 31.9 Å². The minimum Gasteiger partial charge on any atom is -0.399 e. The first-order valence-corrected chi connectivity index (χ1v) is 24.8. The number of carbonyl (C=O) groups is 8. The molecule has 5 rings (SSSR count). The van der Waals surface area contributed by atoms with Crippen molar-refractivity contribution < 1.29 is 47.1 Å². The molecule has 0 spiro atoms. The van der Waals surface area contributed by atoms with Gasteiger partial charge in [-0.05, 0) is 117 Å². The van der Waals surface area contributed by atoms with Crippen LogP contribution in [0.3, 0.4) is 0 Å². The Bertz CT molecular complexity index is 2360. The number of anilines is 1. The summed E-state index contributed by atoms with van der Waals surface area (Å²) in [4.78, 5) is 114. The minimum atomic E-state index is -1.04. The van der Waals surface area contributed by atoms with Crippen LogP contribution in [0.15, 0.2) is 66.7 Å². The second-order valence-electron chi connectivity index (χ2n) is 21.6. The van der Waals surface area contributed by atoms with Gasteiger partial charge in [-0.1, -0.05) is 65.8 Å². The maximum absolute atomic E-state index is 14.5. The molecule has 2 fully saturated rings. The van der Waals surface area contributed by atoms with Crippen molar-refractivity contribution >= 4 is 89.9 Å². The molecule has 8 atom stereocenters. The van der Waals surface area contributed by atoms with Gasteiger partial charge in [0.15, 0.2) is 11.6 Å². The number of hydrogen-bond donors (Lipinski definition) is 7. The molecule has 3 aromatic carbocycles. The number of rotatable bonds is 20. The van der Waals surface area contributed by atoms with Crippen molar-refractivity contribution in [3.8, 4) is 0 Å². The third kappa shape index (κ3) is 17.7. The number of ketones is 2. The first-order valence-electron chi connectivity index (χ1n) is 24.8. The van der Waals surface area contributed by atoms with Gasteiger partial charge in [-0.15, -0.1) is 37.2 Å². The molecule has 2 aliphatic heterocycles. The van der Waals surface area contributed by atoms with Crippen LogP contribution in [0.4, 0.5) is 14.5 Å². The lowest BCUT2D eigenvalue weighted by molar-refractivity contribution is -0.144. The van der Waals surface area contributed by atoms with Gasteiger partial charge in [-0.25, -0.2) is 8.78 Å². The fourth-order valence-electron chi connectivity index (χ4n) is 9.10. The summed E-state index contributed by atoms with van der Waals surface area (Å²) < 4.78 is 27.3. The molecule has 0 bridgehead atoms. The SMILES string of the molecule is CN[C@@H](C)C(=O)N[C@H](C(=O)N1C[C@@H](CC(=O)c2cc(N)cc(C(=O)C[C@H]3C[C@@H](C(=O)NCc4ccc(F)cc4)N(C(=O)[C@@H](NC(=O)[C@H](C)NC)C(C)(C)C)C3)c2)C[C@H]1C(=O)NCc1ccc(F)cc1)C(C)(C)C.Cl.Cl.Cl. The van der Waals surface area contributed by atoms with Gasteiger partial charge in [0.2, 0.25) is 35.4 Å². The molecule has 0 saturated carbocycles. The summed E-state index contributed by atoms with van der Waals surface area (Å²) in [6, 6.07) is 10.2. The lowest BCUT2D eigenvalue weighted by Crippen LogP contribution is -2.59. The van der Waals surface area contributed by atoms with Crippen LogP contribution in [0.25, 0.3) is 0 Å². The molecule has 2 saturated heterocycles. The fraction of sp³-hybridized carbons (Fsp3) is 0.519. The molecule has 3 aromatic rings. The molecule has 76 heavy (non-hydrogen) atoms. The Kier molecular flexibility index (Phi) is 25.0. The van der Waals surface area contributed by atoms with E-state index in [0.717, 1.165) is 0 Å². The summed E-state index contributed by atoms with van der Waals surface area (Å²) in [6.07, 6.45) is -0.0530. The van der Waals surface area contributed by atoms with E-state index in [0.29, 0.717) is 11.1 Å². The molecule has 8 N–H and O–H groups in total. The highest BCUT2D eigenvalue weighted by molar-refractivity contribution is 6.03. The number of nitrogens with zero attached hydrogens (tertiary/aromatic N) is 2. The number of hydrogen-bond acceptors (Lipinski definition) is 11. The summed E-state index contributed by atoms with van der Waals surface area (Å²) in [5.41, 5.74) is 6.42. The zero-order chi connectivity index (χ0) is 54.1. The molecule has 0 unspecified atom stereocenters. The van der Waals surface area contributed by atoms with Crippen LogP contribution in [0, 0.1) is 34.3 Å². The van der Waals surface area contributed by atoms with Crippen LogP contribution >= 0.6 is 37.2 Å². The lowest BCUT2D eigenvalue weighted by atomic mass is 9.85. The number of halogens is 5. The molecule has 0 radical (unpaired) electrons. The zero-order valence-electron chi connectivity index (χ0n) is 44.8. The standard InChI is InChI=1S/C54H73F2N9O8.3ClH/c1-30(58-9)47(68)62-45(53(3,4)5)51(72)64-28-34(19-41(64)49(70)60-26-32-11-15-38(55)16-12-32)21-43(66)36-23-37(25-40(57)24-36)44(67)22-35-20-42(50(71)61-27-33-13-17-39(56)18-14-33)65(29-35)52(73)46(54(6,7)8)63-48(69)31(2)59-10;;;/h11-18,23-25,30-31,34-35,41-42,45-46,58-59H,19-22,26-29,57H2,1-10H3,(H,60,70)(H,61,71)(H,62,68)(H,63,69);3*1H/t30-,31-,34+,35+,41-,42-,45+,46+;;;/m0.../s1. The number of likely N-dealkylation sites (N-methyl/N-ethyl adjacent to an activating group) is 2. The van der Waals surface area contributed by atoms with E-state index in [1.807, 2.05) is 0 Å². The number of carbonyl (C=O) groups excluding carboxylic acids is 8. The number of amides is 6. The summed E-state index contributed by atoms with van der Waals surface area (Å²) in [5.74, 6) is -5.53. The highest BCUT2D eigenvalue weighted by Gasteiger charge is 2.47. The van der Waals surface area contributed by atoms with Gasteiger partial charge < -0.3 is 47.4 Å². The number of nitrogens with two attached hydrogens (primary N) is 1. The highest BCUT2D eigenvalue weighted by Crippen LogP contribution is 2.34. The maximum Gasteiger partial charge on any atom is 0.246 e. The Morgan fingerprint density at radius 3 is 1.21 bits per heavy atom. The van der Waals surface area contributed by atoms with Crippen molar-refractivity contribution in [1.82, 2.24) is 41.7 Å². The summed E-state index contributed by atoms with van der Waals surface area (Å²) >= 11 is 0. The first-order chi connectivity index (χ1) is 34.2. The van der Waals surface area contributed by atoms with Crippen LogP contribution in [0.5, 0.6) is 0 Å². The number of benzene rings is 3. The van der Waals surface area contributed by atoms with E-state index < -0.39 is 118 Å². The van der Waals surface area contributed by atoms with Gasteiger partial charge in [-0.3, -0.25) is 38.4 Å². The summed E-state index contributed by atoms with van der Waals surface area (Å²) in [5, 5.41) is 17.1. The third-order valence-corrected chi connectivity index (χ3v) is 13.7. The van der Waals surface area contributed by atoms with Crippen LogP contribution in [0.1, 0.15) is 113 Å². The Morgan fingerprint density at radius 2 is 0.908 bits per heavy atom.